The molecular formula is C20H17NO2. The van der Waals surface area contributed by atoms with Gasteiger partial charge >= 0.3 is 0 Å². The Morgan fingerprint density at radius 3 is 2.00 bits per heavy atom. The molecule has 0 saturated carbocycles. The predicted molar refractivity (Wildman–Crippen MR) is 92.1 cm³/mol. The summed E-state index contributed by atoms with van der Waals surface area (Å²) >= 11 is 0. The molecule has 23 heavy (non-hydrogen) atoms. The van der Waals surface area contributed by atoms with Gasteiger partial charge in [-0.3, -0.25) is 9.59 Å². The highest BCUT2D eigenvalue weighted by atomic mass is 16.1. The van der Waals surface area contributed by atoms with Gasteiger partial charge in [-0.05, 0) is 26.8 Å². The fourth-order valence-corrected chi connectivity index (χ4v) is 3.50. The zero-order chi connectivity index (χ0) is 16.4. The zero-order valence-corrected chi connectivity index (χ0v) is 13.4. The van der Waals surface area contributed by atoms with Crippen LogP contribution in [0.1, 0.15) is 36.7 Å². The smallest absolute Gasteiger partial charge is 0.259 e. The van der Waals surface area contributed by atoms with Crippen molar-refractivity contribution in [3.05, 3.63) is 70.0 Å². The Hall–Kier alpha value is -2.68. The molecule has 0 aliphatic heterocycles. The normalized spacial score (nSPS) is 13.3. The number of aromatic nitrogens is 1. The summed E-state index contributed by atoms with van der Waals surface area (Å²) in [5, 5.41) is 1.34. The van der Waals surface area contributed by atoms with Crippen LogP contribution in [0.5, 0.6) is 0 Å². The van der Waals surface area contributed by atoms with E-state index < -0.39 is 5.54 Å². The molecule has 0 amide bonds. The van der Waals surface area contributed by atoms with E-state index in [2.05, 4.69) is 0 Å². The molecule has 114 valence electrons. The Morgan fingerprint density at radius 1 is 0.783 bits per heavy atom. The molecule has 0 saturated heterocycles. The van der Waals surface area contributed by atoms with Gasteiger partial charge in [-0.25, -0.2) is 0 Å². The molecule has 0 atom stereocenters. The van der Waals surface area contributed by atoms with Crippen molar-refractivity contribution in [2.75, 3.05) is 0 Å². The van der Waals surface area contributed by atoms with Crippen LogP contribution < -0.4 is 5.56 Å². The average molecular weight is 303 g/mol. The molecule has 1 aromatic heterocycles. The van der Waals surface area contributed by atoms with Gasteiger partial charge in [0.2, 0.25) is 0 Å². The molecule has 0 unspecified atom stereocenters. The topological polar surface area (TPSA) is 39.1 Å². The number of carbonyl (C=O) groups is 1. The molecule has 1 aliphatic carbocycles. The molecule has 0 N–H and O–H groups in total. The van der Waals surface area contributed by atoms with Crippen LogP contribution in [-0.2, 0) is 5.54 Å². The molecule has 2 aromatic carbocycles. The van der Waals surface area contributed by atoms with Gasteiger partial charge < -0.3 is 4.57 Å². The molecule has 1 heterocycles. The summed E-state index contributed by atoms with van der Waals surface area (Å²) in [6.45, 7) is 5.98. The number of carbonyl (C=O) groups excluding carboxylic acids is 1. The maximum absolute atomic E-state index is 13.1. The quantitative estimate of drug-likeness (QED) is 0.493. The van der Waals surface area contributed by atoms with E-state index in [1.807, 2.05) is 63.2 Å². The van der Waals surface area contributed by atoms with Crippen LogP contribution in [0.2, 0.25) is 0 Å². The Bertz CT molecular complexity index is 1040. The Kier molecular flexibility index (Phi) is 2.68. The fraction of sp³-hybridized carbons (Fsp3) is 0.200. The summed E-state index contributed by atoms with van der Waals surface area (Å²) in [5.41, 5.74) is 2.47. The highest BCUT2D eigenvalue weighted by Crippen LogP contribution is 2.40. The number of nitrogens with zero attached hydrogens (tertiary/aromatic N) is 1. The van der Waals surface area contributed by atoms with Crippen molar-refractivity contribution >= 4 is 16.6 Å². The molecule has 0 bridgehead atoms. The summed E-state index contributed by atoms with van der Waals surface area (Å²) in [6, 6.07) is 14.9. The van der Waals surface area contributed by atoms with Crippen LogP contribution >= 0.6 is 0 Å². The van der Waals surface area contributed by atoms with Gasteiger partial charge in [-0.15, -0.1) is 0 Å². The average Bonchev–Trinajstić information content (AvgIpc) is 2.80. The summed E-state index contributed by atoms with van der Waals surface area (Å²) in [7, 11) is 0. The van der Waals surface area contributed by atoms with Gasteiger partial charge in [0.25, 0.3) is 5.56 Å². The molecule has 3 heteroatoms. The first-order valence-corrected chi connectivity index (χ1v) is 7.73. The van der Waals surface area contributed by atoms with E-state index in [1.54, 1.807) is 10.6 Å². The number of benzene rings is 2. The second-order valence-electron chi connectivity index (χ2n) is 6.96. The van der Waals surface area contributed by atoms with Crippen LogP contribution in [0.25, 0.3) is 22.0 Å². The molecular weight excluding hydrogens is 286 g/mol. The van der Waals surface area contributed by atoms with Crippen molar-refractivity contribution in [2.45, 2.75) is 26.3 Å². The molecule has 0 fully saturated rings. The van der Waals surface area contributed by atoms with E-state index in [-0.39, 0.29) is 11.3 Å². The summed E-state index contributed by atoms with van der Waals surface area (Å²) in [4.78, 5) is 26.1. The van der Waals surface area contributed by atoms with E-state index >= 15 is 0 Å². The molecule has 0 spiro atoms. The summed E-state index contributed by atoms with van der Waals surface area (Å²) in [5.74, 6) is 0.00444. The highest BCUT2D eigenvalue weighted by molar-refractivity contribution is 6.26. The van der Waals surface area contributed by atoms with Crippen molar-refractivity contribution < 1.29 is 4.79 Å². The van der Waals surface area contributed by atoms with Gasteiger partial charge in [-0.2, -0.15) is 0 Å². The first-order valence-electron chi connectivity index (χ1n) is 7.73. The number of rotatable bonds is 0. The lowest BCUT2D eigenvalue weighted by Crippen LogP contribution is -2.35. The minimum absolute atomic E-state index is 0.00444. The van der Waals surface area contributed by atoms with E-state index in [9.17, 15) is 9.59 Å². The molecule has 3 nitrogen and oxygen atoms in total. The summed E-state index contributed by atoms with van der Waals surface area (Å²) in [6.07, 6.45) is 0. The number of fused-ring (bicyclic) bond motifs is 5. The maximum atomic E-state index is 13.1. The predicted octanol–water partition coefficient (Wildman–Crippen LogP) is 3.97. The van der Waals surface area contributed by atoms with Crippen LogP contribution in [-0.4, -0.2) is 10.4 Å². The van der Waals surface area contributed by atoms with Crippen molar-refractivity contribution in [1.82, 2.24) is 4.57 Å². The van der Waals surface area contributed by atoms with Gasteiger partial charge in [0.05, 0.1) is 11.3 Å². The van der Waals surface area contributed by atoms with E-state index in [0.717, 1.165) is 16.6 Å². The van der Waals surface area contributed by atoms with Gasteiger partial charge in [0.15, 0.2) is 5.78 Å². The number of hydrogen-bond acceptors (Lipinski definition) is 2. The van der Waals surface area contributed by atoms with Crippen molar-refractivity contribution in [3.63, 3.8) is 0 Å². The van der Waals surface area contributed by atoms with Crippen LogP contribution in [0.4, 0.5) is 0 Å². The minimum Gasteiger partial charge on any atom is -0.302 e. The lowest BCUT2D eigenvalue weighted by Gasteiger charge is -2.27. The Balaban J connectivity index is 2.32. The van der Waals surface area contributed by atoms with Gasteiger partial charge in [0, 0.05) is 27.4 Å². The summed E-state index contributed by atoms with van der Waals surface area (Å²) < 4.78 is 1.77. The Morgan fingerprint density at radius 2 is 1.35 bits per heavy atom. The SMILES string of the molecule is CC(C)(C)n1c2c(c3ccccc3c1=O)C(=O)c1ccccc1-2. The molecule has 0 radical (unpaired) electrons. The van der Waals surface area contributed by atoms with Crippen molar-refractivity contribution in [2.24, 2.45) is 0 Å². The van der Waals surface area contributed by atoms with Gasteiger partial charge in [0.1, 0.15) is 0 Å². The van der Waals surface area contributed by atoms with Crippen molar-refractivity contribution in [3.8, 4) is 11.3 Å². The van der Waals surface area contributed by atoms with E-state index in [4.69, 9.17) is 0 Å². The monoisotopic (exact) mass is 303 g/mol. The standard InChI is InChI=1S/C20H17NO2/c1-20(2,3)21-17-13-9-5-6-10-14(13)18(22)16(17)12-8-4-7-11-15(12)19(21)23/h4-11H,1-3H3. The third-order valence-electron chi connectivity index (χ3n) is 4.42. The van der Waals surface area contributed by atoms with Crippen LogP contribution in [0.3, 0.4) is 0 Å². The first-order chi connectivity index (χ1) is 10.9. The largest absolute Gasteiger partial charge is 0.302 e. The third-order valence-corrected chi connectivity index (χ3v) is 4.42. The van der Waals surface area contributed by atoms with Crippen molar-refractivity contribution in [1.29, 1.82) is 0 Å². The molecule has 4 rings (SSSR count). The number of hydrogen-bond donors (Lipinski definition) is 0. The van der Waals surface area contributed by atoms with E-state index in [0.29, 0.717) is 16.5 Å². The zero-order valence-electron chi connectivity index (χ0n) is 13.4. The molecule has 1 aliphatic rings. The minimum atomic E-state index is -0.414. The van der Waals surface area contributed by atoms with E-state index in [1.165, 1.54) is 0 Å². The number of ketones is 1. The van der Waals surface area contributed by atoms with Crippen LogP contribution in [0, 0.1) is 0 Å². The second kappa shape index (κ2) is 4.42. The van der Waals surface area contributed by atoms with Gasteiger partial charge in [-0.1, -0.05) is 42.5 Å². The lowest BCUT2D eigenvalue weighted by atomic mass is 9.99. The number of pyridine rings is 1. The highest BCUT2D eigenvalue weighted by Gasteiger charge is 2.34. The molecule has 3 aromatic rings. The first kappa shape index (κ1) is 13.9. The maximum Gasteiger partial charge on any atom is 0.259 e. The second-order valence-corrected chi connectivity index (χ2v) is 6.96. The fourth-order valence-electron chi connectivity index (χ4n) is 3.50. The Labute approximate surface area is 134 Å². The van der Waals surface area contributed by atoms with Crippen LogP contribution in [0.15, 0.2) is 53.3 Å². The third kappa shape index (κ3) is 1.76. The lowest BCUT2D eigenvalue weighted by molar-refractivity contribution is 0.104.